The Morgan fingerprint density at radius 1 is 1.20 bits per heavy atom. The molecule has 1 N–H and O–H groups in total. The van der Waals surface area contributed by atoms with Gasteiger partial charge in [-0.15, -0.1) is 0 Å². The summed E-state index contributed by atoms with van der Waals surface area (Å²) in [6, 6.07) is 6.27. The van der Waals surface area contributed by atoms with Gasteiger partial charge in [0.1, 0.15) is 0 Å². The van der Waals surface area contributed by atoms with Crippen LogP contribution in [0, 0.1) is 0 Å². The van der Waals surface area contributed by atoms with Crippen LogP contribution in [0.4, 0.5) is 13.2 Å². The van der Waals surface area contributed by atoms with E-state index in [1.807, 2.05) is 0 Å². The quantitative estimate of drug-likeness (QED) is 0.485. The molecule has 0 saturated heterocycles. The highest BCUT2D eigenvalue weighted by molar-refractivity contribution is 8.00. The van der Waals surface area contributed by atoms with Crippen molar-refractivity contribution in [2.45, 2.75) is 16.9 Å². The number of halogens is 3. The molecule has 1 aromatic rings. The zero-order valence-electron chi connectivity index (χ0n) is 7.71. The SMILES string of the molecule is FC(F)(F)Sc1ccc(CNCS)cc1. The topological polar surface area (TPSA) is 12.0 Å². The molecule has 0 fully saturated rings. The summed E-state index contributed by atoms with van der Waals surface area (Å²) in [6.07, 6.45) is 0. The summed E-state index contributed by atoms with van der Waals surface area (Å²) in [7, 11) is 0. The van der Waals surface area contributed by atoms with Crippen molar-refractivity contribution in [1.82, 2.24) is 5.32 Å². The van der Waals surface area contributed by atoms with Gasteiger partial charge in [0, 0.05) is 17.3 Å². The van der Waals surface area contributed by atoms with Crippen LogP contribution in [0.2, 0.25) is 0 Å². The number of rotatable bonds is 4. The normalized spacial score (nSPS) is 11.7. The Kier molecular flexibility index (Phi) is 4.82. The molecule has 1 rings (SSSR count). The van der Waals surface area contributed by atoms with E-state index in [-0.39, 0.29) is 16.7 Å². The van der Waals surface area contributed by atoms with Crippen LogP contribution in [0.15, 0.2) is 29.2 Å². The summed E-state index contributed by atoms with van der Waals surface area (Å²) < 4.78 is 36.0. The number of alkyl halides is 3. The predicted octanol–water partition coefficient (Wildman–Crippen LogP) is 3.28. The van der Waals surface area contributed by atoms with Crippen molar-refractivity contribution in [1.29, 1.82) is 0 Å². The van der Waals surface area contributed by atoms with Gasteiger partial charge in [-0.1, -0.05) is 12.1 Å². The van der Waals surface area contributed by atoms with E-state index in [1.165, 1.54) is 12.1 Å². The summed E-state index contributed by atoms with van der Waals surface area (Å²) >= 11 is 3.86. The van der Waals surface area contributed by atoms with Crippen LogP contribution in [0.25, 0.3) is 0 Å². The molecule has 0 aliphatic heterocycles. The maximum absolute atomic E-state index is 12.0. The highest BCUT2D eigenvalue weighted by Crippen LogP contribution is 2.36. The second-order valence-corrected chi connectivity index (χ2v) is 4.23. The number of nitrogens with one attached hydrogen (secondary N) is 1. The first-order valence-electron chi connectivity index (χ1n) is 4.17. The Hall–Kier alpha value is -0.330. The molecule has 0 aliphatic rings. The van der Waals surface area contributed by atoms with Gasteiger partial charge in [-0.05, 0) is 29.5 Å². The van der Waals surface area contributed by atoms with E-state index in [4.69, 9.17) is 0 Å². The minimum Gasteiger partial charge on any atom is -0.304 e. The number of benzene rings is 1. The Balaban J connectivity index is 2.56. The molecule has 1 nitrogen and oxygen atoms in total. The first kappa shape index (κ1) is 12.7. The Morgan fingerprint density at radius 2 is 1.80 bits per heavy atom. The van der Waals surface area contributed by atoms with Gasteiger partial charge in [-0.2, -0.15) is 25.8 Å². The maximum Gasteiger partial charge on any atom is 0.446 e. The number of thioether (sulfide) groups is 1. The van der Waals surface area contributed by atoms with Crippen LogP contribution < -0.4 is 5.32 Å². The van der Waals surface area contributed by atoms with Crippen molar-refractivity contribution in [3.8, 4) is 0 Å². The van der Waals surface area contributed by atoms with Crippen molar-refractivity contribution >= 4 is 24.4 Å². The minimum atomic E-state index is -4.22. The molecule has 0 radical (unpaired) electrons. The predicted molar refractivity (Wildman–Crippen MR) is 59.0 cm³/mol. The lowest BCUT2D eigenvalue weighted by molar-refractivity contribution is -0.0328. The summed E-state index contributed by atoms with van der Waals surface area (Å²) in [5.41, 5.74) is -3.28. The van der Waals surface area contributed by atoms with E-state index in [2.05, 4.69) is 17.9 Å². The van der Waals surface area contributed by atoms with Crippen molar-refractivity contribution in [3.63, 3.8) is 0 Å². The second kappa shape index (κ2) is 5.67. The number of hydrogen-bond donors (Lipinski definition) is 2. The van der Waals surface area contributed by atoms with Crippen LogP contribution in [-0.2, 0) is 6.54 Å². The fourth-order valence-electron chi connectivity index (χ4n) is 1.01. The van der Waals surface area contributed by atoms with Crippen LogP contribution >= 0.6 is 24.4 Å². The van der Waals surface area contributed by atoms with Gasteiger partial charge in [0.05, 0.1) is 0 Å². The van der Waals surface area contributed by atoms with Gasteiger partial charge in [-0.3, -0.25) is 0 Å². The lowest BCUT2D eigenvalue weighted by Gasteiger charge is -2.06. The fourth-order valence-corrected chi connectivity index (χ4v) is 1.66. The molecule has 6 heteroatoms. The zero-order chi connectivity index (χ0) is 11.3. The van der Waals surface area contributed by atoms with Gasteiger partial charge < -0.3 is 5.32 Å². The van der Waals surface area contributed by atoms with Crippen molar-refractivity contribution < 1.29 is 13.2 Å². The lowest BCUT2D eigenvalue weighted by atomic mass is 10.2. The fraction of sp³-hybridized carbons (Fsp3) is 0.333. The summed E-state index contributed by atoms with van der Waals surface area (Å²) in [4.78, 5) is 0.206. The molecule has 1 aromatic carbocycles. The van der Waals surface area contributed by atoms with Crippen LogP contribution in [-0.4, -0.2) is 11.4 Å². The first-order valence-corrected chi connectivity index (χ1v) is 5.62. The molecule has 0 aromatic heterocycles. The molecule has 0 unspecified atom stereocenters. The Morgan fingerprint density at radius 3 is 2.27 bits per heavy atom. The van der Waals surface area contributed by atoms with E-state index in [1.54, 1.807) is 12.1 Å². The van der Waals surface area contributed by atoms with Gasteiger partial charge >= 0.3 is 5.51 Å². The molecule has 0 amide bonds. The molecule has 0 bridgehead atoms. The Bertz CT molecular complexity index is 297. The molecule has 0 spiro atoms. The zero-order valence-corrected chi connectivity index (χ0v) is 9.42. The molecular weight excluding hydrogens is 243 g/mol. The summed E-state index contributed by atoms with van der Waals surface area (Å²) in [6.45, 7) is 0.612. The Labute approximate surface area is 95.9 Å². The second-order valence-electron chi connectivity index (χ2n) is 2.78. The third kappa shape index (κ3) is 5.34. The smallest absolute Gasteiger partial charge is 0.304 e. The summed E-state index contributed by atoms with van der Waals surface area (Å²) in [5.74, 6) is 0.541. The van der Waals surface area contributed by atoms with Crippen LogP contribution in [0.3, 0.4) is 0 Å². The van der Waals surface area contributed by atoms with Gasteiger partial charge in [0.2, 0.25) is 0 Å². The molecule has 84 valence electrons. The molecule has 0 aliphatic carbocycles. The van der Waals surface area contributed by atoms with Crippen LogP contribution in [0.1, 0.15) is 5.56 Å². The molecule has 0 heterocycles. The van der Waals surface area contributed by atoms with Crippen molar-refractivity contribution in [3.05, 3.63) is 29.8 Å². The standard InChI is InChI=1S/C9H10F3NS2/c10-9(11,12)15-8-3-1-7(2-4-8)5-13-6-14/h1-4,13-14H,5-6H2. The largest absolute Gasteiger partial charge is 0.446 e. The number of thiol groups is 1. The molecule has 15 heavy (non-hydrogen) atoms. The highest BCUT2D eigenvalue weighted by atomic mass is 32.2. The molecule has 0 atom stereocenters. The van der Waals surface area contributed by atoms with Gasteiger partial charge in [0.25, 0.3) is 0 Å². The lowest BCUT2D eigenvalue weighted by Crippen LogP contribution is -2.09. The maximum atomic E-state index is 12.0. The monoisotopic (exact) mass is 253 g/mol. The molecular formula is C9H10F3NS2. The van der Waals surface area contributed by atoms with Crippen molar-refractivity contribution in [2.24, 2.45) is 0 Å². The van der Waals surface area contributed by atoms with E-state index in [0.717, 1.165) is 5.56 Å². The van der Waals surface area contributed by atoms with Gasteiger partial charge in [0.15, 0.2) is 0 Å². The minimum absolute atomic E-state index is 0.102. The van der Waals surface area contributed by atoms with E-state index < -0.39 is 5.51 Å². The average Bonchev–Trinajstić information content (AvgIpc) is 2.14. The average molecular weight is 253 g/mol. The third-order valence-electron chi connectivity index (χ3n) is 1.60. The summed E-state index contributed by atoms with van der Waals surface area (Å²) in [5, 5.41) is 2.97. The first-order chi connectivity index (χ1) is 7.01. The van der Waals surface area contributed by atoms with E-state index in [9.17, 15) is 13.2 Å². The molecule has 0 saturated carbocycles. The van der Waals surface area contributed by atoms with Gasteiger partial charge in [-0.25, -0.2) is 0 Å². The van der Waals surface area contributed by atoms with E-state index >= 15 is 0 Å². The highest BCUT2D eigenvalue weighted by Gasteiger charge is 2.28. The third-order valence-corrected chi connectivity index (χ3v) is 2.56. The van der Waals surface area contributed by atoms with Crippen LogP contribution in [0.5, 0.6) is 0 Å². The van der Waals surface area contributed by atoms with Crippen molar-refractivity contribution in [2.75, 3.05) is 5.88 Å². The van der Waals surface area contributed by atoms with E-state index in [0.29, 0.717) is 12.4 Å². The number of hydrogen-bond acceptors (Lipinski definition) is 3.